The van der Waals surface area contributed by atoms with Crippen molar-refractivity contribution in [1.82, 2.24) is 19.9 Å². The van der Waals surface area contributed by atoms with E-state index >= 15 is 0 Å². The highest BCUT2D eigenvalue weighted by molar-refractivity contribution is 5.95. The number of piperidine rings is 1. The van der Waals surface area contributed by atoms with Gasteiger partial charge in [0.1, 0.15) is 5.75 Å². The standard InChI is InChI=1S/C19H22N4O4/c1-2-17(24)13-3-5-15(6-4-13)26-12-19(25)22-8-7-16-18(10-22)27-11-14-9-20-21-23(14)16/h3-6,9,16,18H,2,7-8,10-12H2,1H3/t16-,18-/m0/s1. The number of benzene rings is 1. The molecule has 4 rings (SSSR count). The van der Waals surface area contributed by atoms with E-state index in [2.05, 4.69) is 10.3 Å². The molecule has 0 radical (unpaired) electrons. The SMILES string of the molecule is CCC(=O)c1ccc(OCC(=O)N2CC[C@H]3[C@H](C2)OCc2cnnn23)cc1. The second kappa shape index (κ2) is 7.48. The Hall–Kier alpha value is -2.74. The zero-order chi connectivity index (χ0) is 18.8. The van der Waals surface area contributed by atoms with Gasteiger partial charge in [-0.05, 0) is 30.7 Å². The van der Waals surface area contributed by atoms with Crippen LogP contribution in [0, 0.1) is 0 Å². The zero-order valence-corrected chi connectivity index (χ0v) is 15.2. The summed E-state index contributed by atoms with van der Waals surface area (Å²) in [6.07, 6.45) is 2.89. The number of hydrogen-bond acceptors (Lipinski definition) is 6. The van der Waals surface area contributed by atoms with Crippen LogP contribution in [0.25, 0.3) is 0 Å². The minimum absolute atomic E-state index is 0.0347. The summed E-state index contributed by atoms with van der Waals surface area (Å²) in [6, 6.07) is 7.02. The van der Waals surface area contributed by atoms with Crippen LogP contribution in [0.1, 0.15) is 41.9 Å². The van der Waals surface area contributed by atoms with Crippen molar-refractivity contribution in [3.63, 3.8) is 0 Å². The molecule has 0 spiro atoms. The summed E-state index contributed by atoms with van der Waals surface area (Å²) in [7, 11) is 0. The lowest BCUT2D eigenvalue weighted by molar-refractivity contribution is -0.141. The van der Waals surface area contributed by atoms with Crippen LogP contribution in [-0.2, 0) is 16.1 Å². The number of carbonyl (C=O) groups is 2. The first-order valence-corrected chi connectivity index (χ1v) is 9.20. The maximum atomic E-state index is 12.5. The number of likely N-dealkylation sites (tertiary alicyclic amines) is 1. The van der Waals surface area contributed by atoms with Gasteiger partial charge in [-0.2, -0.15) is 0 Å². The van der Waals surface area contributed by atoms with Gasteiger partial charge in [0.15, 0.2) is 12.4 Å². The van der Waals surface area contributed by atoms with Crippen LogP contribution in [0.15, 0.2) is 30.5 Å². The van der Waals surface area contributed by atoms with Crippen LogP contribution in [-0.4, -0.2) is 57.4 Å². The summed E-state index contributed by atoms with van der Waals surface area (Å²) in [6.45, 7) is 3.42. The molecule has 2 aliphatic heterocycles. The van der Waals surface area contributed by atoms with Crippen LogP contribution >= 0.6 is 0 Å². The maximum absolute atomic E-state index is 12.5. The summed E-state index contributed by atoms with van der Waals surface area (Å²) in [5, 5.41) is 8.09. The first kappa shape index (κ1) is 17.7. The molecule has 27 heavy (non-hydrogen) atoms. The second-order valence-corrected chi connectivity index (χ2v) is 6.80. The van der Waals surface area contributed by atoms with Crippen molar-refractivity contribution in [3.8, 4) is 5.75 Å². The molecule has 1 saturated heterocycles. The fraction of sp³-hybridized carbons (Fsp3) is 0.474. The molecular weight excluding hydrogens is 348 g/mol. The fourth-order valence-corrected chi connectivity index (χ4v) is 3.59. The van der Waals surface area contributed by atoms with E-state index in [0.717, 1.165) is 12.1 Å². The number of hydrogen-bond donors (Lipinski definition) is 0. The Bertz CT molecular complexity index is 832. The predicted octanol–water partition coefficient (Wildman–Crippen LogP) is 1.62. The Morgan fingerprint density at radius 3 is 2.89 bits per heavy atom. The molecule has 2 aromatic rings. The number of nitrogens with zero attached hydrogens (tertiary/aromatic N) is 4. The third-order valence-electron chi connectivity index (χ3n) is 5.15. The molecule has 8 heteroatoms. The molecule has 2 aliphatic rings. The normalized spacial score (nSPS) is 21.3. The van der Waals surface area contributed by atoms with Gasteiger partial charge in [-0.15, -0.1) is 5.10 Å². The smallest absolute Gasteiger partial charge is 0.260 e. The topological polar surface area (TPSA) is 86.6 Å². The van der Waals surface area contributed by atoms with Crippen molar-refractivity contribution >= 4 is 11.7 Å². The molecule has 0 bridgehead atoms. The highest BCUT2D eigenvalue weighted by Crippen LogP contribution is 2.30. The lowest BCUT2D eigenvalue weighted by Crippen LogP contribution is -2.51. The summed E-state index contributed by atoms with van der Waals surface area (Å²) in [5.41, 5.74) is 1.63. The minimum Gasteiger partial charge on any atom is -0.484 e. The third-order valence-corrected chi connectivity index (χ3v) is 5.15. The molecule has 0 saturated carbocycles. The van der Waals surface area contributed by atoms with E-state index < -0.39 is 0 Å². The van der Waals surface area contributed by atoms with Crippen LogP contribution in [0.5, 0.6) is 5.75 Å². The molecular formula is C19H22N4O4. The van der Waals surface area contributed by atoms with Gasteiger partial charge < -0.3 is 14.4 Å². The van der Waals surface area contributed by atoms with Crippen LogP contribution in [0.2, 0.25) is 0 Å². The van der Waals surface area contributed by atoms with E-state index in [1.165, 1.54) is 0 Å². The van der Waals surface area contributed by atoms with E-state index in [1.54, 1.807) is 35.4 Å². The lowest BCUT2D eigenvalue weighted by atomic mass is 10.00. The number of fused-ring (bicyclic) bond motifs is 3. The Morgan fingerprint density at radius 1 is 1.30 bits per heavy atom. The van der Waals surface area contributed by atoms with Gasteiger partial charge in [-0.25, -0.2) is 4.68 Å². The van der Waals surface area contributed by atoms with Gasteiger partial charge in [0.25, 0.3) is 5.91 Å². The van der Waals surface area contributed by atoms with Gasteiger partial charge in [-0.1, -0.05) is 12.1 Å². The molecule has 142 valence electrons. The highest BCUT2D eigenvalue weighted by atomic mass is 16.5. The number of amides is 1. The minimum atomic E-state index is -0.0739. The molecule has 0 unspecified atom stereocenters. The summed E-state index contributed by atoms with van der Waals surface area (Å²) in [4.78, 5) is 25.9. The third kappa shape index (κ3) is 3.57. The maximum Gasteiger partial charge on any atom is 0.260 e. The van der Waals surface area contributed by atoms with Crippen molar-refractivity contribution < 1.29 is 19.1 Å². The van der Waals surface area contributed by atoms with Crippen molar-refractivity contribution in [2.75, 3.05) is 19.7 Å². The van der Waals surface area contributed by atoms with Gasteiger partial charge >= 0.3 is 0 Å². The number of aromatic nitrogens is 3. The Kier molecular flexibility index (Phi) is 4.89. The van der Waals surface area contributed by atoms with Gasteiger partial charge in [0.2, 0.25) is 0 Å². The first-order valence-electron chi connectivity index (χ1n) is 9.20. The number of rotatable bonds is 5. The van der Waals surface area contributed by atoms with E-state index in [-0.39, 0.29) is 30.4 Å². The van der Waals surface area contributed by atoms with Crippen molar-refractivity contribution in [1.29, 1.82) is 0 Å². The quantitative estimate of drug-likeness (QED) is 0.744. The molecule has 8 nitrogen and oxygen atoms in total. The average Bonchev–Trinajstić information content (AvgIpc) is 3.20. The van der Waals surface area contributed by atoms with E-state index in [4.69, 9.17) is 9.47 Å². The Morgan fingerprint density at radius 2 is 2.11 bits per heavy atom. The van der Waals surface area contributed by atoms with Gasteiger partial charge in [-0.3, -0.25) is 9.59 Å². The number of carbonyl (C=O) groups excluding carboxylic acids is 2. The monoisotopic (exact) mass is 370 g/mol. The van der Waals surface area contributed by atoms with Crippen molar-refractivity contribution in [2.24, 2.45) is 0 Å². The summed E-state index contributed by atoms with van der Waals surface area (Å²) >= 11 is 0. The van der Waals surface area contributed by atoms with Crippen molar-refractivity contribution in [3.05, 3.63) is 41.7 Å². The molecule has 1 fully saturated rings. The van der Waals surface area contributed by atoms with E-state index in [1.807, 2.05) is 11.6 Å². The van der Waals surface area contributed by atoms with E-state index in [9.17, 15) is 9.59 Å². The number of ether oxygens (including phenoxy) is 2. The molecule has 3 heterocycles. The van der Waals surface area contributed by atoms with Crippen LogP contribution < -0.4 is 4.74 Å². The Balaban J connectivity index is 1.31. The first-order chi connectivity index (χ1) is 13.2. The Labute approximate surface area is 157 Å². The lowest BCUT2D eigenvalue weighted by Gasteiger charge is -2.40. The van der Waals surface area contributed by atoms with E-state index in [0.29, 0.717) is 37.4 Å². The molecule has 1 aromatic carbocycles. The average molecular weight is 370 g/mol. The van der Waals surface area contributed by atoms with Gasteiger partial charge in [0, 0.05) is 25.1 Å². The number of ketones is 1. The van der Waals surface area contributed by atoms with Crippen LogP contribution in [0.4, 0.5) is 0 Å². The number of Topliss-reactive ketones (excluding diaryl/α,β-unsaturated/α-hetero) is 1. The molecule has 1 amide bonds. The van der Waals surface area contributed by atoms with Gasteiger partial charge in [0.05, 0.1) is 30.6 Å². The predicted molar refractivity (Wildman–Crippen MR) is 95.4 cm³/mol. The van der Waals surface area contributed by atoms with Crippen molar-refractivity contribution in [2.45, 2.75) is 38.5 Å². The molecule has 1 aromatic heterocycles. The molecule has 0 aliphatic carbocycles. The molecule has 2 atom stereocenters. The summed E-state index contributed by atoms with van der Waals surface area (Å²) < 4.78 is 13.4. The summed E-state index contributed by atoms with van der Waals surface area (Å²) in [5.74, 6) is 0.589. The second-order valence-electron chi connectivity index (χ2n) is 6.80. The highest BCUT2D eigenvalue weighted by Gasteiger charge is 2.37. The fourth-order valence-electron chi connectivity index (χ4n) is 3.59. The molecule has 0 N–H and O–H groups in total. The largest absolute Gasteiger partial charge is 0.484 e. The zero-order valence-electron chi connectivity index (χ0n) is 15.2. The van der Waals surface area contributed by atoms with Crippen LogP contribution in [0.3, 0.4) is 0 Å².